The Morgan fingerprint density at radius 2 is 1.73 bits per heavy atom. The minimum atomic E-state index is -1.81. The topological polar surface area (TPSA) is 9.23 Å². The highest BCUT2D eigenvalue weighted by Gasteiger charge is 2.39. The predicted molar refractivity (Wildman–Crippen MR) is 101 cm³/mol. The molecule has 0 aliphatic heterocycles. The molecule has 1 aromatic rings. The third-order valence-corrected chi connectivity index (χ3v) is 8.71. The number of hydrogen-bond acceptors (Lipinski definition) is 1. The lowest BCUT2D eigenvalue weighted by molar-refractivity contribution is 0.456. The van der Waals surface area contributed by atoms with Crippen LogP contribution in [0.5, 0.6) is 0 Å². The number of allylic oxidation sites excluding steroid dienone is 3. The monoisotopic (exact) mass is 316 g/mol. The maximum Gasteiger partial charge on any atom is 0.250 e. The van der Waals surface area contributed by atoms with E-state index in [1.54, 1.807) is 0 Å². The van der Waals surface area contributed by atoms with Gasteiger partial charge in [-0.3, -0.25) is 0 Å². The Bertz CT molecular complexity index is 492. The van der Waals surface area contributed by atoms with Gasteiger partial charge in [0.2, 0.25) is 8.32 Å². The fourth-order valence-electron chi connectivity index (χ4n) is 1.88. The smallest absolute Gasteiger partial charge is 0.250 e. The minimum Gasteiger partial charge on any atom is -0.543 e. The minimum absolute atomic E-state index is 0.214. The summed E-state index contributed by atoms with van der Waals surface area (Å²) < 4.78 is 6.58. The molecule has 0 aliphatic rings. The second-order valence-electron chi connectivity index (χ2n) is 7.30. The first-order chi connectivity index (χ1) is 10.3. The zero-order chi connectivity index (χ0) is 16.6. The largest absolute Gasteiger partial charge is 0.543 e. The molecule has 0 heterocycles. The summed E-state index contributed by atoms with van der Waals surface area (Å²) in [6, 6.07) is 10.5. The average molecular weight is 317 g/mol. The van der Waals surface area contributed by atoms with Crippen LogP contribution in [0.4, 0.5) is 0 Å². The zero-order valence-corrected chi connectivity index (χ0v) is 16.1. The summed E-state index contributed by atoms with van der Waals surface area (Å²) in [4.78, 5) is 0. The lowest BCUT2D eigenvalue weighted by Crippen LogP contribution is -2.40. The van der Waals surface area contributed by atoms with Crippen LogP contribution in [-0.2, 0) is 4.43 Å². The molecular weight excluding hydrogens is 284 g/mol. The molecule has 0 atom stereocenters. The Morgan fingerprint density at radius 1 is 1.09 bits per heavy atom. The van der Waals surface area contributed by atoms with Crippen LogP contribution in [0, 0.1) is 0 Å². The highest BCUT2D eigenvalue weighted by atomic mass is 28.4. The van der Waals surface area contributed by atoms with E-state index in [1.165, 1.54) is 12.0 Å². The Labute approximate surface area is 138 Å². The van der Waals surface area contributed by atoms with Crippen LogP contribution in [0.25, 0.3) is 5.76 Å². The van der Waals surface area contributed by atoms with Gasteiger partial charge in [-0.05, 0) is 50.4 Å². The molecule has 1 aromatic carbocycles. The highest BCUT2D eigenvalue weighted by Crippen LogP contribution is 2.39. The van der Waals surface area contributed by atoms with E-state index in [4.69, 9.17) is 4.43 Å². The SMILES string of the molecule is C/C=C/CCC/C=C(\O[Si](C)(C)C(C)(C)C)c1ccccc1. The van der Waals surface area contributed by atoms with E-state index in [0.717, 1.165) is 18.6 Å². The van der Waals surface area contributed by atoms with E-state index < -0.39 is 8.32 Å². The number of hydrogen-bond donors (Lipinski definition) is 0. The zero-order valence-electron chi connectivity index (χ0n) is 15.1. The van der Waals surface area contributed by atoms with E-state index in [0.29, 0.717) is 0 Å². The van der Waals surface area contributed by atoms with Gasteiger partial charge in [-0.1, -0.05) is 63.3 Å². The van der Waals surface area contributed by atoms with Gasteiger partial charge in [0.05, 0.1) is 0 Å². The molecule has 0 aliphatic carbocycles. The average Bonchev–Trinajstić information content (AvgIpc) is 2.45. The van der Waals surface area contributed by atoms with Crippen LogP contribution in [0.2, 0.25) is 18.1 Å². The van der Waals surface area contributed by atoms with Crippen molar-refractivity contribution in [3.63, 3.8) is 0 Å². The molecule has 22 heavy (non-hydrogen) atoms. The van der Waals surface area contributed by atoms with E-state index in [-0.39, 0.29) is 5.04 Å². The quantitative estimate of drug-likeness (QED) is 0.233. The molecule has 0 unspecified atom stereocenters. The normalized spacial score (nSPS) is 13.6. The Morgan fingerprint density at radius 3 is 2.27 bits per heavy atom. The van der Waals surface area contributed by atoms with Gasteiger partial charge in [0.15, 0.2) is 0 Å². The van der Waals surface area contributed by atoms with E-state index in [9.17, 15) is 0 Å². The molecule has 0 fully saturated rings. The van der Waals surface area contributed by atoms with Crippen LogP contribution in [0.15, 0.2) is 48.6 Å². The predicted octanol–water partition coefficient (Wildman–Crippen LogP) is 6.80. The Kier molecular flexibility index (Phi) is 7.14. The summed E-state index contributed by atoms with van der Waals surface area (Å²) in [7, 11) is -1.81. The maximum atomic E-state index is 6.58. The summed E-state index contributed by atoms with van der Waals surface area (Å²) >= 11 is 0. The van der Waals surface area contributed by atoms with Gasteiger partial charge in [-0.2, -0.15) is 0 Å². The molecule has 0 radical (unpaired) electrons. The third-order valence-electron chi connectivity index (χ3n) is 4.37. The summed E-state index contributed by atoms with van der Waals surface area (Å²) in [6.45, 7) is 13.6. The molecule has 0 spiro atoms. The molecule has 0 amide bonds. The first-order valence-electron chi connectivity index (χ1n) is 8.33. The molecule has 0 aromatic heterocycles. The molecule has 0 bridgehead atoms. The Balaban J connectivity index is 2.90. The molecule has 1 nitrogen and oxygen atoms in total. The van der Waals surface area contributed by atoms with Crippen LogP contribution in [-0.4, -0.2) is 8.32 Å². The van der Waals surface area contributed by atoms with Crippen molar-refractivity contribution < 1.29 is 4.43 Å². The van der Waals surface area contributed by atoms with Gasteiger partial charge in [-0.15, -0.1) is 0 Å². The fraction of sp³-hybridized carbons (Fsp3) is 0.500. The lowest BCUT2D eigenvalue weighted by Gasteiger charge is -2.37. The molecule has 0 saturated heterocycles. The van der Waals surface area contributed by atoms with Crippen molar-refractivity contribution in [3.8, 4) is 0 Å². The molecule has 1 rings (SSSR count). The van der Waals surface area contributed by atoms with E-state index in [1.807, 2.05) is 0 Å². The molecule has 122 valence electrons. The van der Waals surface area contributed by atoms with Crippen LogP contribution < -0.4 is 0 Å². The molecular formula is C20H32OSi. The summed E-state index contributed by atoms with van der Waals surface area (Å²) in [5, 5.41) is 0.214. The Hall–Kier alpha value is -1.28. The van der Waals surface area contributed by atoms with Gasteiger partial charge in [0.25, 0.3) is 0 Å². The van der Waals surface area contributed by atoms with Gasteiger partial charge in [0, 0.05) is 5.56 Å². The number of rotatable bonds is 7. The second-order valence-corrected chi connectivity index (χ2v) is 12.0. The van der Waals surface area contributed by atoms with Crippen molar-refractivity contribution in [1.82, 2.24) is 0 Å². The van der Waals surface area contributed by atoms with Crippen molar-refractivity contribution in [1.29, 1.82) is 0 Å². The summed E-state index contributed by atoms with van der Waals surface area (Å²) in [5.41, 5.74) is 1.19. The van der Waals surface area contributed by atoms with Crippen molar-refractivity contribution in [2.75, 3.05) is 0 Å². The van der Waals surface area contributed by atoms with Gasteiger partial charge in [-0.25, -0.2) is 0 Å². The first-order valence-corrected chi connectivity index (χ1v) is 11.2. The van der Waals surface area contributed by atoms with E-state index >= 15 is 0 Å². The first kappa shape index (κ1) is 18.8. The number of unbranched alkanes of at least 4 members (excludes halogenated alkanes) is 2. The number of benzene rings is 1. The van der Waals surface area contributed by atoms with E-state index in [2.05, 4.69) is 89.3 Å². The molecule has 2 heteroatoms. The van der Waals surface area contributed by atoms with Crippen molar-refractivity contribution in [2.24, 2.45) is 0 Å². The van der Waals surface area contributed by atoms with Crippen molar-refractivity contribution in [3.05, 3.63) is 54.1 Å². The second kappa shape index (κ2) is 8.38. The molecule has 0 N–H and O–H groups in total. The van der Waals surface area contributed by atoms with Gasteiger partial charge >= 0.3 is 0 Å². The highest BCUT2D eigenvalue weighted by molar-refractivity contribution is 6.74. The van der Waals surface area contributed by atoms with Gasteiger partial charge in [0.1, 0.15) is 5.76 Å². The summed E-state index contributed by atoms with van der Waals surface area (Å²) in [6.07, 6.45) is 9.98. The van der Waals surface area contributed by atoms with Crippen LogP contribution in [0.1, 0.15) is 52.5 Å². The van der Waals surface area contributed by atoms with Crippen molar-refractivity contribution >= 4 is 14.1 Å². The lowest BCUT2D eigenvalue weighted by atomic mass is 10.1. The standard InChI is InChI=1S/C20H32OSi/c1-7-8-9-10-14-17-19(18-15-12-11-13-16-18)21-22(5,6)20(2,3)4/h7-8,11-13,15-17H,9-10,14H2,1-6H3/b8-7+,19-17-. The van der Waals surface area contributed by atoms with Crippen LogP contribution in [0.3, 0.4) is 0 Å². The third kappa shape index (κ3) is 5.84. The molecule has 0 saturated carbocycles. The summed E-state index contributed by atoms with van der Waals surface area (Å²) in [5.74, 6) is 1.06. The maximum absolute atomic E-state index is 6.58. The van der Waals surface area contributed by atoms with Crippen LogP contribution >= 0.6 is 0 Å². The fourth-order valence-corrected chi connectivity index (χ4v) is 2.94. The van der Waals surface area contributed by atoms with Gasteiger partial charge < -0.3 is 4.43 Å². The van der Waals surface area contributed by atoms with Crippen molar-refractivity contribution in [2.45, 2.75) is 65.1 Å².